The third-order valence-electron chi connectivity index (χ3n) is 24.3. The topological polar surface area (TPSA) is 263 Å². The van der Waals surface area contributed by atoms with E-state index in [4.69, 9.17) is 6.42 Å². The first-order valence-corrected chi connectivity index (χ1v) is 41.8. The minimum Gasteiger partial charge on any atom is -0.394 e. The molecule has 7 aromatic carbocycles. The summed E-state index contributed by atoms with van der Waals surface area (Å²) in [7, 11) is 0. The van der Waals surface area contributed by atoms with Crippen LogP contribution in [0.4, 0.5) is 60.2 Å². The summed E-state index contributed by atoms with van der Waals surface area (Å²) in [5.41, 5.74) is 18.2. The van der Waals surface area contributed by atoms with Gasteiger partial charge >= 0.3 is 0 Å². The first-order valence-electron chi connectivity index (χ1n) is 41.8. The highest BCUT2D eigenvalue weighted by molar-refractivity contribution is 5.99. The predicted octanol–water partition coefficient (Wildman–Crippen LogP) is 13.9. The number of carbonyl (C=O) groups is 3. The van der Waals surface area contributed by atoms with E-state index in [0.717, 1.165) is 194 Å². The summed E-state index contributed by atoms with van der Waals surface area (Å²) in [6, 6.07) is 55.9. The number of halogens is 2. The summed E-state index contributed by atoms with van der Waals surface area (Å²) in [6.45, 7) is 21.1. The average molecular weight is 1620 g/mol. The summed E-state index contributed by atoms with van der Waals surface area (Å²) in [5.74, 6) is 2.79. The maximum atomic E-state index is 13.8. The Kier molecular flexibility index (Phi) is 28.2. The number of aliphatic hydroxyl groups excluding tert-OH is 2. The van der Waals surface area contributed by atoms with Crippen LogP contribution in [0, 0.1) is 99.5 Å². The second kappa shape index (κ2) is 39.7. The Labute approximate surface area is 703 Å². The maximum absolute atomic E-state index is 13.8. The highest BCUT2D eigenvalue weighted by Crippen LogP contribution is 2.35. The molecule has 120 heavy (non-hydrogen) atoms. The molecule has 6 aliphatic heterocycles. The normalized spacial score (nSPS) is 17.4. The van der Waals surface area contributed by atoms with Crippen LogP contribution in [0.25, 0.3) is 0 Å². The lowest BCUT2D eigenvalue weighted by molar-refractivity contribution is 0.0690. The van der Waals surface area contributed by atoms with Crippen molar-refractivity contribution in [1.29, 1.82) is 15.8 Å². The molecule has 8 heterocycles. The minimum atomic E-state index is -0.381. The molecule has 6 fully saturated rings. The molecule has 0 unspecified atom stereocenters. The van der Waals surface area contributed by atoms with Crippen LogP contribution in [-0.2, 0) is 0 Å². The Balaban J connectivity index is 0.000000156. The van der Waals surface area contributed by atoms with Gasteiger partial charge in [0.1, 0.15) is 41.5 Å². The lowest BCUT2D eigenvalue weighted by Gasteiger charge is -2.41. The van der Waals surface area contributed by atoms with E-state index in [-0.39, 0.29) is 72.8 Å². The van der Waals surface area contributed by atoms with Gasteiger partial charge in [-0.05, 0) is 205 Å². The molecule has 22 nitrogen and oxygen atoms in total. The quantitative estimate of drug-likeness (QED) is 0.0436. The zero-order valence-corrected chi connectivity index (χ0v) is 69.4. The molecular weight excluding hydrogens is 1510 g/mol. The van der Waals surface area contributed by atoms with Crippen LogP contribution in [0.15, 0.2) is 170 Å². The average Bonchev–Trinajstić information content (AvgIpc) is 0.795. The molecule has 9 aromatic rings. The molecule has 6 N–H and O–H groups in total. The second-order valence-corrected chi connectivity index (χ2v) is 32.2. The van der Waals surface area contributed by atoms with Crippen LogP contribution >= 0.6 is 0 Å². The molecule has 0 spiro atoms. The van der Waals surface area contributed by atoms with Crippen molar-refractivity contribution < 1.29 is 33.4 Å². The van der Waals surface area contributed by atoms with Crippen LogP contribution in [0.2, 0.25) is 0 Å². The number of anilines is 9. The zero-order valence-electron chi connectivity index (χ0n) is 69.4. The summed E-state index contributed by atoms with van der Waals surface area (Å²) in [6.07, 6.45) is 15.9. The number of benzene rings is 7. The lowest BCUT2D eigenvalue weighted by atomic mass is 9.98. The number of piperidine rings is 4. The number of nitrogens with zero attached hydrogens (tertiary/aromatic N) is 13. The monoisotopic (exact) mass is 1620 g/mol. The van der Waals surface area contributed by atoms with Gasteiger partial charge in [0.25, 0.3) is 17.7 Å². The van der Waals surface area contributed by atoms with Gasteiger partial charge in [0, 0.05) is 180 Å². The van der Waals surface area contributed by atoms with E-state index in [2.05, 4.69) is 108 Å². The molecule has 0 aliphatic carbocycles. The fourth-order valence-corrected chi connectivity index (χ4v) is 17.6. The number of hydrogen-bond acceptors (Lipinski definition) is 19. The van der Waals surface area contributed by atoms with Crippen molar-refractivity contribution in [3.8, 4) is 30.6 Å². The third-order valence-corrected chi connectivity index (χ3v) is 24.3. The van der Waals surface area contributed by atoms with E-state index in [9.17, 15) is 49.2 Å². The number of hydrogen-bond donors (Lipinski definition) is 6. The number of nitriles is 3. The van der Waals surface area contributed by atoms with Crippen molar-refractivity contribution >= 4 is 69.2 Å². The first-order chi connectivity index (χ1) is 58.2. The summed E-state index contributed by atoms with van der Waals surface area (Å²) < 4.78 is 27.6. The number of aryl methyl sites for hydroxylation is 6. The SMILES string of the molecule is C#Cc1ccccc1N1CCC(NC(=O)c2cc(NC3CCN(c4ccccc4C#N)CC3)c(C)cc2C)CC1.Cc1cc(C)c(C(=O)N2CCN(c3cc(F)ccn3)[C@@H](CO)C2)cc1NC1CCN(c2ccccc2C#N)CC1.Cc1cc(C)c(C(=O)N2CCN(c3cc(F)ccn3)[C@H](CO)C2)cc1NC1CCN(c2ccccc2C#N)CC1. The van der Waals surface area contributed by atoms with Gasteiger partial charge in [-0.2, -0.15) is 15.8 Å². The Hall–Kier alpha value is -12.7. The first kappa shape index (κ1) is 85.2. The molecule has 620 valence electrons. The summed E-state index contributed by atoms with van der Waals surface area (Å²) >= 11 is 0. The van der Waals surface area contributed by atoms with E-state index in [1.165, 1.54) is 36.7 Å². The van der Waals surface area contributed by atoms with E-state index in [0.29, 0.717) is 79.2 Å². The van der Waals surface area contributed by atoms with E-state index < -0.39 is 0 Å². The van der Waals surface area contributed by atoms with E-state index in [1.54, 1.807) is 9.80 Å². The van der Waals surface area contributed by atoms with Gasteiger partial charge < -0.3 is 70.7 Å². The van der Waals surface area contributed by atoms with Crippen LogP contribution < -0.4 is 50.7 Å². The van der Waals surface area contributed by atoms with Gasteiger partial charge in [0.2, 0.25) is 0 Å². The molecule has 0 saturated carbocycles. The number of aromatic nitrogens is 2. The Morgan fingerprint density at radius 1 is 0.408 bits per heavy atom. The van der Waals surface area contributed by atoms with Gasteiger partial charge in [-0.1, -0.05) is 72.7 Å². The molecule has 3 amide bonds. The maximum Gasteiger partial charge on any atom is 0.254 e. The molecule has 2 aromatic heterocycles. The largest absolute Gasteiger partial charge is 0.394 e. The molecule has 2 atom stereocenters. The van der Waals surface area contributed by atoms with Crippen molar-refractivity contribution in [3.63, 3.8) is 0 Å². The third kappa shape index (κ3) is 20.3. The predicted molar refractivity (Wildman–Crippen MR) is 472 cm³/mol. The lowest BCUT2D eigenvalue weighted by Crippen LogP contribution is -2.56. The van der Waals surface area contributed by atoms with Gasteiger partial charge in [-0.15, -0.1) is 6.42 Å². The standard InChI is InChI=1S/C34H37N5O.2C31H35FN6O2/c1-4-26-9-5-7-11-32(26)38-19-15-29(16-20-38)37-34(40)30-22-31(25(3)21-24(30)2)36-28-13-17-39(18-14-28)33-12-8-6-10-27(33)23-35;2*1-21-15-22(2)28(35-25-8-11-36(12-9-25)29-6-4-3-5-23(29)18-33)17-27(21)31(40)37-13-14-38(26(19-37)20-39)30-16-24(32)7-10-34-30/h1,5-12,21-22,28-29,36H,13-20H2,2-3H3,(H,37,40);2*3-7,10,15-17,25-26,35,39H,8-9,11-14,19-20H2,1-2H3/t;2*26-/m.10/s1. The second-order valence-electron chi connectivity index (χ2n) is 32.2. The number of nitrogens with one attached hydrogen (secondary N) is 4. The summed E-state index contributed by atoms with van der Waals surface area (Å²) in [5, 5.41) is 62.9. The molecule has 15 rings (SSSR count). The van der Waals surface area contributed by atoms with Crippen molar-refractivity contribution in [3.05, 3.63) is 254 Å². The number of piperazine rings is 2. The highest BCUT2D eigenvalue weighted by atomic mass is 19.1. The Morgan fingerprint density at radius 2 is 0.717 bits per heavy atom. The number of carbonyl (C=O) groups excluding carboxylic acids is 3. The van der Waals surface area contributed by atoms with Gasteiger partial charge in [-0.3, -0.25) is 14.4 Å². The number of amides is 3. The number of pyridine rings is 2. The van der Waals surface area contributed by atoms with Gasteiger partial charge in [0.05, 0.1) is 64.7 Å². The Morgan fingerprint density at radius 3 is 1.04 bits per heavy atom. The van der Waals surface area contributed by atoms with Gasteiger partial charge in [0.15, 0.2) is 0 Å². The molecular formula is C96H107F2N17O5. The van der Waals surface area contributed by atoms with Crippen LogP contribution in [0.3, 0.4) is 0 Å². The van der Waals surface area contributed by atoms with Crippen LogP contribution in [0.5, 0.6) is 0 Å². The highest BCUT2D eigenvalue weighted by Gasteiger charge is 2.35. The smallest absolute Gasteiger partial charge is 0.254 e. The summed E-state index contributed by atoms with van der Waals surface area (Å²) in [4.78, 5) is 65.7. The fraction of sp³-hybridized carbons (Fsp3) is 0.375. The minimum absolute atomic E-state index is 0.00838. The van der Waals surface area contributed by atoms with E-state index in [1.807, 2.05) is 152 Å². The molecule has 6 aliphatic rings. The van der Waals surface area contributed by atoms with Crippen molar-refractivity contribution in [2.75, 3.05) is 150 Å². The van der Waals surface area contributed by atoms with E-state index >= 15 is 0 Å². The number of para-hydroxylation sites is 4. The Bertz CT molecular complexity index is 5100. The molecule has 0 radical (unpaired) electrons. The molecule has 0 bridgehead atoms. The molecule has 6 saturated heterocycles. The van der Waals surface area contributed by atoms with Gasteiger partial charge in [-0.25, -0.2) is 18.7 Å². The number of rotatable bonds is 18. The molecule has 24 heteroatoms. The fourth-order valence-electron chi connectivity index (χ4n) is 17.6. The number of terminal acetylenes is 1. The van der Waals surface area contributed by atoms with Crippen molar-refractivity contribution in [2.45, 2.75) is 129 Å². The number of aliphatic hydroxyl groups is 2. The zero-order chi connectivity index (χ0) is 84.5. The van der Waals surface area contributed by atoms with Crippen LogP contribution in [-0.4, -0.2) is 189 Å². The van der Waals surface area contributed by atoms with Crippen molar-refractivity contribution in [1.82, 2.24) is 25.1 Å². The van der Waals surface area contributed by atoms with Crippen LogP contribution in [0.1, 0.15) is 138 Å². The van der Waals surface area contributed by atoms with Crippen molar-refractivity contribution in [2.24, 2.45) is 0 Å².